The quantitative estimate of drug-likeness (QED) is 0.586. The van der Waals surface area contributed by atoms with E-state index in [9.17, 15) is 5.11 Å². The second-order valence-electron chi connectivity index (χ2n) is 7.34. The monoisotopic (exact) mass is 432 g/mol. The van der Waals surface area contributed by atoms with Crippen LogP contribution in [-0.2, 0) is 16.1 Å². The fourth-order valence-corrected chi connectivity index (χ4v) is 3.59. The van der Waals surface area contributed by atoms with Gasteiger partial charge in [-0.1, -0.05) is 41.0 Å². The minimum absolute atomic E-state index is 0.0828. The van der Waals surface area contributed by atoms with Crippen LogP contribution in [0.25, 0.3) is 0 Å². The summed E-state index contributed by atoms with van der Waals surface area (Å²) in [7, 11) is 1.66. The van der Waals surface area contributed by atoms with Crippen LogP contribution >= 0.6 is 11.6 Å². The summed E-state index contributed by atoms with van der Waals surface area (Å²) in [5, 5.41) is 15.4. The first-order chi connectivity index (χ1) is 14.6. The third-order valence-corrected chi connectivity index (χ3v) is 5.15. The molecule has 0 fully saturated rings. The summed E-state index contributed by atoms with van der Waals surface area (Å²) in [4.78, 5) is 7.87. The summed E-state index contributed by atoms with van der Waals surface area (Å²) in [5.74, 6) is 0.813. The van der Waals surface area contributed by atoms with Gasteiger partial charge in [0.2, 0.25) is 0 Å². The summed E-state index contributed by atoms with van der Waals surface area (Å²) in [6.45, 7) is 4.59. The van der Waals surface area contributed by atoms with E-state index in [1.165, 1.54) is 0 Å². The Morgan fingerprint density at radius 3 is 2.80 bits per heavy atom. The molecule has 0 bridgehead atoms. The maximum Gasteiger partial charge on any atom is 0.145 e. The van der Waals surface area contributed by atoms with Crippen LogP contribution < -0.4 is 4.74 Å². The number of aliphatic hydroxyl groups is 1. The van der Waals surface area contributed by atoms with Gasteiger partial charge in [-0.05, 0) is 42.3 Å². The van der Waals surface area contributed by atoms with E-state index in [0.29, 0.717) is 44.3 Å². The van der Waals surface area contributed by atoms with Crippen LogP contribution in [0.4, 0.5) is 0 Å². The Balaban J connectivity index is 1.63. The lowest BCUT2D eigenvalue weighted by Crippen LogP contribution is -2.39. The number of hydrogen-bond acceptors (Lipinski definition) is 6. The zero-order chi connectivity index (χ0) is 21.3. The van der Waals surface area contributed by atoms with Crippen molar-refractivity contribution in [3.63, 3.8) is 0 Å². The molecule has 0 saturated heterocycles. The summed E-state index contributed by atoms with van der Waals surface area (Å²) < 4.78 is 10.7. The topological polar surface area (TPSA) is 63.5 Å². The van der Waals surface area contributed by atoms with Crippen molar-refractivity contribution in [2.75, 3.05) is 33.4 Å². The molecule has 7 heteroatoms. The van der Waals surface area contributed by atoms with Crippen LogP contribution in [-0.4, -0.2) is 61.3 Å². The average molecular weight is 433 g/mol. The van der Waals surface area contributed by atoms with Crippen LogP contribution in [0.15, 0.2) is 53.7 Å². The van der Waals surface area contributed by atoms with E-state index < -0.39 is 6.10 Å². The van der Waals surface area contributed by atoms with Crippen molar-refractivity contribution < 1.29 is 19.4 Å². The molecule has 30 heavy (non-hydrogen) atoms. The highest BCUT2D eigenvalue weighted by Gasteiger charge is 2.26. The summed E-state index contributed by atoms with van der Waals surface area (Å²) in [5.41, 5.74) is 3.03. The van der Waals surface area contributed by atoms with E-state index in [4.69, 9.17) is 25.9 Å². The van der Waals surface area contributed by atoms with E-state index in [2.05, 4.69) is 16.1 Å². The molecule has 1 aliphatic heterocycles. The molecule has 1 N–H and O–H groups in total. The predicted molar refractivity (Wildman–Crippen MR) is 118 cm³/mol. The van der Waals surface area contributed by atoms with Crippen LogP contribution in [0.2, 0.25) is 5.02 Å². The number of rotatable bonds is 11. The SMILES string of the molecule is CCOC[C@@H](O)CN(Cc1cccc(OC)c1)C[C@@H]1CC(c2ccc(Cl)cc2)=NO1. The van der Waals surface area contributed by atoms with Crippen molar-refractivity contribution in [3.05, 3.63) is 64.7 Å². The van der Waals surface area contributed by atoms with Crippen LogP contribution in [0.5, 0.6) is 5.75 Å². The van der Waals surface area contributed by atoms with Gasteiger partial charge in [0.05, 0.1) is 25.5 Å². The van der Waals surface area contributed by atoms with E-state index in [1.54, 1.807) is 7.11 Å². The number of benzene rings is 2. The summed E-state index contributed by atoms with van der Waals surface area (Å²) >= 11 is 5.98. The minimum atomic E-state index is -0.575. The molecule has 0 radical (unpaired) electrons. The Kier molecular flexibility index (Phi) is 8.51. The van der Waals surface area contributed by atoms with Gasteiger partial charge in [-0.3, -0.25) is 4.90 Å². The number of halogens is 1. The largest absolute Gasteiger partial charge is 0.497 e. The highest BCUT2D eigenvalue weighted by Crippen LogP contribution is 2.21. The van der Waals surface area contributed by atoms with Crippen molar-refractivity contribution in [2.45, 2.75) is 32.1 Å². The van der Waals surface area contributed by atoms with Gasteiger partial charge in [-0.25, -0.2) is 0 Å². The molecule has 0 saturated carbocycles. The van der Waals surface area contributed by atoms with Crippen LogP contribution in [0.3, 0.4) is 0 Å². The Hall–Kier alpha value is -2.12. The number of nitrogens with zero attached hydrogens (tertiary/aromatic N) is 2. The predicted octanol–water partition coefficient (Wildman–Crippen LogP) is 3.74. The maximum absolute atomic E-state index is 10.4. The highest BCUT2D eigenvalue weighted by atomic mass is 35.5. The molecule has 2 atom stereocenters. The Labute approximate surface area is 183 Å². The molecule has 0 aromatic heterocycles. The van der Waals surface area contributed by atoms with E-state index in [-0.39, 0.29) is 6.10 Å². The molecule has 0 aliphatic carbocycles. The van der Waals surface area contributed by atoms with E-state index in [0.717, 1.165) is 22.6 Å². The standard InChI is InChI=1S/C23H29ClN2O4/c1-3-29-16-20(27)14-26(13-17-5-4-6-21(11-17)28-2)15-22-12-23(25-30-22)18-7-9-19(24)10-8-18/h4-11,20,22,27H,3,12-16H2,1-2H3/t20-,22-/m0/s1. The molecule has 2 aromatic carbocycles. The van der Waals surface area contributed by atoms with E-state index in [1.807, 2.05) is 49.4 Å². The van der Waals surface area contributed by atoms with Gasteiger partial charge >= 0.3 is 0 Å². The molecule has 2 aromatic rings. The first-order valence-electron chi connectivity index (χ1n) is 10.2. The third kappa shape index (κ3) is 6.71. The van der Waals surface area contributed by atoms with Crippen molar-refractivity contribution in [3.8, 4) is 5.75 Å². The van der Waals surface area contributed by atoms with Gasteiger partial charge in [0.15, 0.2) is 0 Å². The molecule has 162 valence electrons. The lowest BCUT2D eigenvalue weighted by molar-refractivity contribution is 0.000485. The number of hydrogen-bond donors (Lipinski definition) is 1. The summed E-state index contributed by atoms with van der Waals surface area (Å²) in [6.07, 6.45) is 0.0480. The molecular formula is C23H29ClN2O4. The number of methoxy groups -OCH3 is 1. The Morgan fingerprint density at radius 2 is 2.07 bits per heavy atom. The van der Waals surface area contributed by atoms with Crippen molar-refractivity contribution in [2.24, 2.45) is 5.16 Å². The lowest BCUT2D eigenvalue weighted by Gasteiger charge is -2.27. The van der Waals surface area contributed by atoms with Gasteiger partial charge in [-0.15, -0.1) is 0 Å². The van der Waals surface area contributed by atoms with Crippen molar-refractivity contribution in [1.29, 1.82) is 0 Å². The van der Waals surface area contributed by atoms with Crippen LogP contribution in [0.1, 0.15) is 24.5 Å². The third-order valence-electron chi connectivity index (χ3n) is 4.90. The maximum atomic E-state index is 10.4. The molecule has 3 rings (SSSR count). The van der Waals surface area contributed by atoms with Gasteiger partial charge < -0.3 is 19.4 Å². The minimum Gasteiger partial charge on any atom is -0.497 e. The fraction of sp³-hybridized carbons (Fsp3) is 0.435. The molecule has 6 nitrogen and oxygen atoms in total. The summed E-state index contributed by atoms with van der Waals surface area (Å²) in [6, 6.07) is 15.6. The smallest absolute Gasteiger partial charge is 0.145 e. The Morgan fingerprint density at radius 1 is 1.27 bits per heavy atom. The second-order valence-corrected chi connectivity index (χ2v) is 7.77. The van der Waals surface area contributed by atoms with Gasteiger partial charge in [0.25, 0.3) is 0 Å². The van der Waals surface area contributed by atoms with E-state index >= 15 is 0 Å². The molecule has 0 amide bonds. The normalized spacial score (nSPS) is 17.0. The second kappa shape index (κ2) is 11.3. The fourth-order valence-electron chi connectivity index (χ4n) is 3.46. The Bertz CT molecular complexity index is 828. The molecule has 1 aliphatic rings. The molecule has 1 heterocycles. The van der Waals surface area contributed by atoms with Crippen LogP contribution in [0, 0.1) is 0 Å². The van der Waals surface area contributed by atoms with Crippen molar-refractivity contribution in [1.82, 2.24) is 4.90 Å². The zero-order valence-corrected chi connectivity index (χ0v) is 18.2. The van der Waals surface area contributed by atoms with Gasteiger partial charge in [0, 0.05) is 37.7 Å². The number of oxime groups is 1. The zero-order valence-electron chi connectivity index (χ0n) is 17.5. The van der Waals surface area contributed by atoms with Gasteiger partial charge in [-0.2, -0.15) is 0 Å². The average Bonchev–Trinajstić information content (AvgIpc) is 3.21. The first-order valence-corrected chi connectivity index (χ1v) is 10.5. The molecule has 0 spiro atoms. The van der Waals surface area contributed by atoms with Crippen molar-refractivity contribution >= 4 is 17.3 Å². The number of aliphatic hydroxyl groups excluding tert-OH is 1. The van der Waals surface area contributed by atoms with Gasteiger partial charge in [0.1, 0.15) is 11.9 Å². The molecular weight excluding hydrogens is 404 g/mol. The molecule has 0 unspecified atom stereocenters. The first kappa shape index (κ1) is 22.6. The number of ether oxygens (including phenoxy) is 2. The highest BCUT2D eigenvalue weighted by molar-refractivity contribution is 6.30. The lowest BCUT2D eigenvalue weighted by atomic mass is 10.0.